The lowest BCUT2D eigenvalue weighted by Crippen LogP contribution is -2.47. The Morgan fingerprint density at radius 3 is 2.53 bits per heavy atom. The highest BCUT2D eigenvalue weighted by atomic mass is 32.2. The summed E-state index contributed by atoms with van der Waals surface area (Å²) in [6.07, 6.45) is 4.81. The summed E-state index contributed by atoms with van der Waals surface area (Å²) < 4.78 is 0. The highest BCUT2D eigenvalue weighted by Crippen LogP contribution is 2.28. The van der Waals surface area contributed by atoms with Crippen LogP contribution in [0, 0.1) is 0 Å². The quantitative estimate of drug-likeness (QED) is 0.666. The normalized spacial score (nSPS) is 20.6. The van der Waals surface area contributed by atoms with Crippen molar-refractivity contribution < 1.29 is 0 Å². The monoisotopic (exact) mass is 279 g/mol. The van der Waals surface area contributed by atoms with E-state index in [0.717, 1.165) is 49.0 Å². The van der Waals surface area contributed by atoms with Crippen LogP contribution in [-0.2, 0) is 0 Å². The molecule has 2 aliphatic rings. The van der Waals surface area contributed by atoms with Crippen LogP contribution >= 0.6 is 11.8 Å². The molecule has 0 atom stereocenters. The highest BCUT2D eigenvalue weighted by molar-refractivity contribution is 7.98. The van der Waals surface area contributed by atoms with Crippen molar-refractivity contribution in [2.75, 3.05) is 49.7 Å². The Bertz CT molecular complexity index is 418. The standard InChI is InChI=1S/C13H21N5S/c1-14-11-9-12(16-13(15-11)19-2)18-7-5-17(6-8-18)10-3-4-10/h9-10H,3-8H2,1-2H3,(H,14,15,16). The van der Waals surface area contributed by atoms with Gasteiger partial charge in [0.2, 0.25) is 0 Å². The van der Waals surface area contributed by atoms with Crippen molar-refractivity contribution in [2.24, 2.45) is 0 Å². The molecule has 0 unspecified atom stereocenters. The van der Waals surface area contributed by atoms with Gasteiger partial charge < -0.3 is 10.2 Å². The van der Waals surface area contributed by atoms with Gasteiger partial charge in [0.25, 0.3) is 0 Å². The van der Waals surface area contributed by atoms with Gasteiger partial charge in [0, 0.05) is 45.3 Å². The first-order valence-electron chi connectivity index (χ1n) is 6.90. The number of aromatic nitrogens is 2. The smallest absolute Gasteiger partial charge is 0.191 e. The molecule has 6 heteroatoms. The molecule has 1 aromatic rings. The molecule has 3 rings (SSSR count). The molecule has 1 saturated carbocycles. The number of thioether (sulfide) groups is 1. The zero-order chi connectivity index (χ0) is 13.2. The molecule has 0 spiro atoms. The Kier molecular flexibility index (Phi) is 3.79. The summed E-state index contributed by atoms with van der Waals surface area (Å²) in [6.45, 7) is 4.48. The van der Waals surface area contributed by atoms with Gasteiger partial charge in [-0.15, -0.1) is 0 Å². The molecule has 2 heterocycles. The minimum Gasteiger partial charge on any atom is -0.373 e. The number of hydrogen-bond acceptors (Lipinski definition) is 6. The summed E-state index contributed by atoms with van der Waals surface area (Å²) in [5, 5.41) is 3.96. The number of nitrogens with zero attached hydrogens (tertiary/aromatic N) is 4. The van der Waals surface area contributed by atoms with E-state index in [-0.39, 0.29) is 0 Å². The minimum absolute atomic E-state index is 0.839. The third kappa shape index (κ3) is 2.95. The van der Waals surface area contributed by atoms with E-state index in [4.69, 9.17) is 0 Å². The van der Waals surface area contributed by atoms with E-state index in [9.17, 15) is 0 Å². The van der Waals surface area contributed by atoms with Gasteiger partial charge in [-0.2, -0.15) is 0 Å². The first-order chi connectivity index (χ1) is 9.30. The summed E-state index contributed by atoms with van der Waals surface area (Å²) in [5.41, 5.74) is 0. The largest absolute Gasteiger partial charge is 0.373 e. The SMILES string of the molecule is CNc1cc(N2CCN(C3CC3)CC2)nc(SC)n1. The molecule has 5 nitrogen and oxygen atoms in total. The molecule has 19 heavy (non-hydrogen) atoms. The van der Waals surface area contributed by atoms with Gasteiger partial charge in [-0.3, -0.25) is 4.90 Å². The second-order valence-electron chi connectivity index (χ2n) is 5.10. The van der Waals surface area contributed by atoms with Crippen LogP contribution in [0.3, 0.4) is 0 Å². The Labute approximate surface area is 118 Å². The van der Waals surface area contributed by atoms with E-state index in [0.29, 0.717) is 0 Å². The third-order valence-corrected chi connectivity index (χ3v) is 4.38. The third-order valence-electron chi connectivity index (χ3n) is 3.83. The van der Waals surface area contributed by atoms with Crippen LogP contribution in [-0.4, -0.2) is 60.4 Å². The highest BCUT2D eigenvalue weighted by Gasteiger charge is 2.31. The second-order valence-corrected chi connectivity index (χ2v) is 5.88. The van der Waals surface area contributed by atoms with Crippen LogP contribution in [0.5, 0.6) is 0 Å². The number of rotatable bonds is 4. The van der Waals surface area contributed by atoms with E-state index in [2.05, 4.69) is 25.1 Å². The molecule has 1 N–H and O–H groups in total. The molecular weight excluding hydrogens is 258 g/mol. The van der Waals surface area contributed by atoms with Crippen molar-refractivity contribution in [3.63, 3.8) is 0 Å². The lowest BCUT2D eigenvalue weighted by molar-refractivity contribution is 0.247. The molecule has 2 fully saturated rings. The molecule has 104 valence electrons. The fourth-order valence-corrected chi connectivity index (χ4v) is 2.92. The first-order valence-corrected chi connectivity index (χ1v) is 8.12. The number of piperazine rings is 1. The Morgan fingerprint density at radius 1 is 1.21 bits per heavy atom. The zero-order valence-electron chi connectivity index (χ0n) is 11.6. The fourth-order valence-electron chi connectivity index (χ4n) is 2.55. The predicted molar refractivity (Wildman–Crippen MR) is 80.2 cm³/mol. The average Bonchev–Trinajstić information content (AvgIpc) is 3.31. The van der Waals surface area contributed by atoms with Gasteiger partial charge in [-0.1, -0.05) is 11.8 Å². The van der Waals surface area contributed by atoms with Crippen molar-refractivity contribution in [3.05, 3.63) is 6.07 Å². The summed E-state index contributed by atoms with van der Waals surface area (Å²) in [6, 6.07) is 2.93. The molecule has 0 amide bonds. The second kappa shape index (κ2) is 5.54. The van der Waals surface area contributed by atoms with Crippen LogP contribution in [0.15, 0.2) is 11.2 Å². The predicted octanol–water partition coefficient (Wildman–Crippen LogP) is 1.52. The maximum atomic E-state index is 4.63. The lowest BCUT2D eigenvalue weighted by Gasteiger charge is -2.35. The molecule has 1 aromatic heterocycles. The van der Waals surface area contributed by atoms with E-state index < -0.39 is 0 Å². The van der Waals surface area contributed by atoms with Crippen LogP contribution in [0.25, 0.3) is 0 Å². The minimum atomic E-state index is 0.839. The topological polar surface area (TPSA) is 44.3 Å². The first kappa shape index (κ1) is 13.0. The van der Waals surface area contributed by atoms with E-state index >= 15 is 0 Å². The summed E-state index contributed by atoms with van der Waals surface area (Å²) in [4.78, 5) is 14.0. The van der Waals surface area contributed by atoms with Crippen molar-refractivity contribution in [1.29, 1.82) is 0 Å². The van der Waals surface area contributed by atoms with Crippen LogP contribution in [0.2, 0.25) is 0 Å². The van der Waals surface area contributed by atoms with E-state index in [1.807, 2.05) is 19.4 Å². The Morgan fingerprint density at radius 2 is 1.95 bits per heavy atom. The maximum absolute atomic E-state index is 4.63. The number of anilines is 2. The molecular formula is C13H21N5S. The molecule has 1 aliphatic carbocycles. The van der Waals surface area contributed by atoms with Crippen molar-refractivity contribution >= 4 is 23.4 Å². The van der Waals surface area contributed by atoms with Crippen molar-refractivity contribution in [3.8, 4) is 0 Å². The molecule has 0 bridgehead atoms. The van der Waals surface area contributed by atoms with Gasteiger partial charge in [0.1, 0.15) is 11.6 Å². The Hall–Kier alpha value is -1.01. The Balaban J connectivity index is 1.71. The number of nitrogens with one attached hydrogen (secondary N) is 1. The van der Waals surface area contributed by atoms with Gasteiger partial charge in [-0.05, 0) is 19.1 Å². The number of hydrogen-bond donors (Lipinski definition) is 1. The molecule has 0 aromatic carbocycles. The molecule has 1 saturated heterocycles. The van der Waals surface area contributed by atoms with E-state index in [1.54, 1.807) is 11.8 Å². The summed E-state index contributed by atoms with van der Waals surface area (Å²) in [5.74, 6) is 1.96. The van der Waals surface area contributed by atoms with Gasteiger partial charge in [0.05, 0.1) is 0 Å². The summed E-state index contributed by atoms with van der Waals surface area (Å²) >= 11 is 1.59. The lowest BCUT2D eigenvalue weighted by atomic mass is 10.3. The van der Waals surface area contributed by atoms with Crippen molar-refractivity contribution in [1.82, 2.24) is 14.9 Å². The van der Waals surface area contributed by atoms with Crippen molar-refractivity contribution in [2.45, 2.75) is 24.0 Å². The van der Waals surface area contributed by atoms with Crippen LogP contribution in [0.1, 0.15) is 12.8 Å². The molecule has 0 radical (unpaired) electrons. The average molecular weight is 279 g/mol. The maximum Gasteiger partial charge on any atom is 0.191 e. The van der Waals surface area contributed by atoms with Crippen LogP contribution in [0.4, 0.5) is 11.6 Å². The molecule has 1 aliphatic heterocycles. The van der Waals surface area contributed by atoms with Gasteiger partial charge >= 0.3 is 0 Å². The fraction of sp³-hybridized carbons (Fsp3) is 0.692. The van der Waals surface area contributed by atoms with Crippen LogP contribution < -0.4 is 10.2 Å². The van der Waals surface area contributed by atoms with Gasteiger partial charge in [-0.25, -0.2) is 9.97 Å². The van der Waals surface area contributed by atoms with Gasteiger partial charge in [0.15, 0.2) is 5.16 Å². The zero-order valence-corrected chi connectivity index (χ0v) is 12.4. The summed E-state index contributed by atoms with van der Waals surface area (Å²) in [7, 11) is 1.90. The van der Waals surface area contributed by atoms with E-state index in [1.165, 1.54) is 12.8 Å².